The van der Waals surface area contributed by atoms with E-state index >= 15 is 0 Å². The van der Waals surface area contributed by atoms with Gasteiger partial charge in [-0.1, -0.05) is 5.92 Å². The molecular weight excluding hydrogens is 294 g/mol. The standard InChI is InChI=1S/C14H17NO5S/c1-14(2,19)7-6-9-4-5-11(20-9)12(16)15-10(8-21-3)13(17)18/h4-5,10,19H,8H2,1-3H3,(H,15,16)(H,17,18). The van der Waals surface area contributed by atoms with E-state index in [4.69, 9.17) is 9.52 Å². The van der Waals surface area contributed by atoms with E-state index in [-0.39, 0.29) is 17.3 Å². The van der Waals surface area contributed by atoms with Crippen LogP contribution < -0.4 is 5.32 Å². The molecule has 1 heterocycles. The molecule has 7 heteroatoms. The van der Waals surface area contributed by atoms with Gasteiger partial charge in [0.25, 0.3) is 5.91 Å². The molecule has 1 unspecified atom stereocenters. The molecule has 114 valence electrons. The number of hydrogen-bond acceptors (Lipinski definition) is 5. The number of rotatable bonds is 5. The number of carbonyl (C=O) groups is 2. The minimum absolute atomic E-state index is 0.0256. The van der Waals surface area contributed by atoms with Gasteiger partial charge in [-0.05, 0) is 38.2 Å². The molecule has 6 nitrogen and oxygen atoms in total. The minimum atomic E-state index is -1.16. The van der Waals surface area contributed by atoms with E-state index in [1.807, 2.05) is 0 Å². The second-order valence-corrected chi connectivity index (χ2v) is 5.70. The number of furan rings is 1. The maximum absolute atomic E-state index is 11.9. The molecule has 1 aromatic rings. The Balaban J connectivity index is 2.78. The number of nitrogens with one attached hydrogen (secondary N) is 1. The van der Waals surface area contributed by atoms with E-state index < -0.39 is 23.5 Å². The van der Waals surface area contributed by atoms with Gasteiger partial charge in [0.2, 0.25) is 0 Å². The molecule has 1 rings (SSSR count). The molecule has 1 amide bonds. The molecule has 1 aromatic heterocycles. The van der Waals surface area contributed by atoms with Crippen LogP contribution in [0.4, 0.5) is 0 Å². The first-order valence-electron chi connectivity index (χ1n) is 6.11. The second kappa shape index (κ2) is 7.20. The van der Waals surface area contributed by atoms with Gasteiger partial charge in [0.1, 0.15) is 11.6 Å². The van der Waals surface area contributed by atoms with Crippen LogP contribution in [0.2, 0.25) is 0 Å². The molecule has 21 heavy (non-hydrogen) atoms. The Morgan fingerprint density at radius 1 is 1.48 bits per heavy atom. The zero-order chi connectivity index (χ0) is 16.0. The zero-order valence-corrected chi connectivity index (χ0v) is 12.8. The zero-order valence-electron chi connectivity index (χ0n) is 12.0. The van der Waals surface area contributed by atoms with E-state index in [1.165, 1.54) is 37.7 Å². The highest BCUT2D eigenvalue weighted by Gasteiger charge is 2.21. The summed E-state index contributed by atoms with van der Waals surface area (Å²) in [5, 5.41) is 20.8. The maximum atomic E-state index is 11.9. The summed E-state index contributed by atoms with van der Waals surface area (Å²) in [6.07, 6.45) is 1.75. The lowest BCUT2D eigenvalue weighted by molar-refractivity contribution is -0.138. The molecule has 1 atom stereocenters. The van der Waals surface area contributed by atoms with Gasteiger partial charge in [-0.15, -0.1) is 0 Å². The first-order valence-corrected chi connectivity index (χ1v) is 7.50. The number of thioether (sulfide) groups is 1. The second-order valence-electron chi connectivity index (χ2n) is 4.79. The number of aliphatic hydroxyl groups is 1. The Bertz CT molecular complexity index is 576. The van der Waals surface area contributed by atoms with E-state index in [9.17, 15) is 14.7 Å². The molecule has 0 spiro atoms. The van der Waals surface area contributed by atoms with Crippen LogP contribution in [-0.4, -0.2) is 45.7 Å². The normalized spacial score (nSPS) is 12.2. The summed E-state index contributed by atoms with van der Waals surface area (Å²) in [6, 6.07) is 1.91. The molecule has 3 N–H and O–H groups in total. The highest BCUT2D eigenvalue weighted by molar-refractivity contribution is 7.98. The van der Waals surface area contributed by atoms with Gasteiger partial charge in [0.15, 0.2) is 11.5 Å². The Kier molecular flexibility index (Phi) is 5.88. The Morgan fingerprint density at radius 2 is 2.14 bits per heavy atom. The highest BCUT2D eigenvalue weighted by Crippen LogP contribution is 2.08. The molecular formula is C14H17NO5S. The Labute approximate surface area is 126 Å². The van der Waals surface area contributed by atoms with E-state index in [1.54, 1.807) is 6.26 Å². The van der Waals surface area contributed by atoms with Crippen LogP contribution in [0.5, 0.6) is 0 Å². The summed E-state index contributed by atoms with van der Waals surface area (Å²) in [7, 11) is 0. The van der Waals surface area contributed by atoms with Crippen LogP contribution >= 0.6 is 11.8 Å². The fourth-order valence-corrected chi connectivity index (χ4v) is 1.87. The smallest absolute Gasteiger partial charge is 0.327 e. The number of amides is 1. The summed E-state index contributed by atoms with van der Waals surface area (Å²) >= 11 is 1.32. The highest BCUT2D eigenvalue weighted by atomic mass is 32.2. The maximum Gasteiger partial charge on any atom is 0.327 e. The topological polar surface area (TPSA) is 99.8 Å². The van der Waals surface area contributed by atoms with E-state index in [2.05, 4.69) is 17.2 Å². The van der Waals surface area contributed by atoms with Gasteiger partial charge < -0.3 is 19.9 Å². The average Bonchev–Trinajstić information content (AvgIpc) is 2.83. The quantitative estimate of drug-likeness (QED) is 0.700. The molecule has 0 aliphatic rings. The van der Waals surface area contributed by atoms with Crippen molar-refractivity contribution in [3.8, 4) is 11.8 Å². The molecule has 0 aromatic carbocycles. The largest absolute Gasteiger partial charge is 0.480 e. The van der Waals surface area contributed by atoms with Crippen molar-refractivity contribution in [2.45, 2.75) is 25.5 Å². The van der Waals surface area contributed by atoms with Gasteiger partial charge in [-0.3, -0.25) is 4.79 Å². The number of aliphatic carboxylic acids is 1. The van der Waals surface area contributed by atoms with Gasteiger partial charge in [-0.2, -0.15) is 11.8 Å². The van der Waals surface area contributed by atoms with Gasteiger partial charge in [0, 0.05) is 5.75 Å². The molecule has 0 saturated carbocycles. The summed E-state index contributed by atoms with van der Waals surface area (Å²) in [4.78, 5) is 22.8. The predicted molar refractivity (Wildman–Crippen MR) is 79.2 cm³/mol. The van der Waals surface area contributed by atoms with Gasteiger partial charge in [0.05, 0.1) is 0 Å². The van der Waals surface area contributed by atoms with Crippen molar-refractivity contribution >= 4 is 23.6 Å². The Morgan fingerprint density at radius 3 is 2.67 bits per heavy atom. The van der Waals surface area contributed by atoms with Crippen molar-refractivity contribution in [3.05, 3.63) is 23.7 Å². The fourth-order valence-electron chi connectivity index (χ4n) is 1.31. The summed E-state index contributed by atoms with van der Waals surface area (Å²) in [5.74, 6) is 3.88. The molecule has 0 saturated heterocycles. The van der Waals surface area contributed by atoms with Crippen LogP contribution in [0.1, 0.15) is 30.2 Å². The van der Waals surface area contributed by atoms with Crippen LogP contribution in [0.15, 0.2) is 16.5 Å². The summed E-state index contributed by atoms with van der Waals surface area (Å²) < 4.78 is 5.20. The summed E-state index contributed by atoms with van der Waals surface area (Å²) in [6.45, 7) is 3.05. The lowest BCUT2D eigenvalue weighted by atomic mass is 10.1. The molecule has 0 aliphatic heterocycles. The third-order valence-electron chi connectivity index (χ3n) is 2.26. The monoisotopic (exact) mass is 311 g/mol. The number of carbonyl (C=O) groups excluding carboxylic acids is 1. The summed E-state index contributed by atoms with van der Waals surface area (Å²) in [5.41, 5.74) is -1.16. The molecule has 0 radical (unpaired) electrons. The lowest BCUT2D eigenvalue weighted by Crippen LogP contribution is -2.42. The number of hydrogen-bond donors (Lipinski definition) is 3. The third-order valence-corrected chi connectivity index (χ3v) is 2.92. The third kappa shape index (κ3) is 5.94. The van der Waals surface area contributed by atoms with Crippen LogP contribution in [0.3, 0.4) is 0 Å². The molecule has 0 fully saturated rings. The van der Waals surface area contributed by atoms with Gasteiger partial charge in [-0.25, -0.2) is 4.79 Å². The van der Waals surface area contributed by atoms with Crippen molar-refractivity contribution in [2.75, 3.05) is 12.0 Å². The van der Waals surface area contributed by atoms with E-state index in [0.29, 0.717) is 0 Å². The lowest BCUT2D eigenvalue weighted by Gasteiger charge is -2.11. The van der Waals surface area contributed by atoms with Crippen molar-refractivity contribution in [3.63, 3.8) is 0 Å². The number of carboxylic acids is 1. The Hall–Kier alpha value is -1.91. The fraction of sp³-hybridized carbons (Fsp3) is 0.429. The average molecular weight is 311 g/mol. The van der Waals surface area contributed by atoms with Crippen molar-refractivity contribution in [2.24, 2.45) is 0 Å². The van der Waals surface area contributed by atoms with Crippen LogP contribution in [-0.2, 0) is 4.79 Å². The molecule has 0 aliphatic carbocycles. The van der Waals surface area contributed by atoms with Crippen molar-refractivity contribution in [1.82, 2.24) is 5.32 Å². The number of carboxylic acid groups (broad SMARTS) is 1. The first-order chi connectivity index (χ1) is 9.73. The predicted octanol–water partition coefficient (Wildman–Crippen LogP) is 0.948. The first kappa shape index (κ1) is 17.1. The van der Waals surface area contributed by atoms with E-state index in [0.717, 1.165) is 0 Å². The van der Waals surface area contributed by atoms with Crippen molar-refractivity contribution < 1.29 is 24.2 Å². The molecule has 0 bridgehead atoms. The van der Waals surface area contributed by atoms with Crippen LogP contribution in [0.25, 0.3) is 0 Å². The van der Waals surface area contributed by atoms with Crippen molar-refractivity contribution in [1.29, 1.82) is 0 Å². The van der Waals surface area contributed by atoms with Crippen LogP contribution in [0, 0.1) is 11.8 Å². The van der Waals surface area contributed by atoms with Gasteiger partial charge >= 0.3 is 5.97 Å². The minimum Gasteiger partial charge on any atom is -0.480 e. The SMILES string of the molecule is CSCC(NC(=O)c1ccc(C#CC(C)(C)O)o1)C(=O)O.